The van der Waals surface area contributed by atoms with E-state index in [1.165, 1.54) is 18.4 Å². The molecule has 0 spiro atoms. The van der Waals surface area contributed by atoms with Gasteiger partial charge in [0, 0.05) is 12.6 Å². The summed E-state index contributed by atoms with van der Waals surface area (Å²) in [5.41, 5.74) is 1.39. The fourth-order valence-corrected chi connectivity index (χ4v) is 2.47. The zero-order chi connectivity index (χ0) is 11.9. The van der Waals surface area contributed by atoms with Gasteiger partial charge >= 0.3 is 0 Å². The summed E-state index contributed by atoms with van der Waals surface area (Å²) in [5.74, 6) is 0. The van der Waals surface area contributed by atoms with E-state index in [9.17, 15) is 0 Å². The van der Waals surface area contributed by atoms with Crippen LogP contribution in [0.2, 0.25) is 0 Å². The molecule has 1 aromatic carbocycles. The SMILES string of the molecule is CCC(NCCC1CCCO1)c1ccccc1. The Morgan fingerprint density at radius 3 is 2.82 bits per heavy atom. The van der Waals surface area contributed by atoms with Gasteiger partial charge in [-0.2, -0.15) is 0 Å². The minimum atomic E-state index is 0.484. The summed E-state index contributed by atoms with van der Waals surface area (Å²) in [7, 11) is 0. The average Bonchev–Trinajstić information content (AvgIpc) is 2.89. The smallest absolute Gasteiger partial charge is 0.0588 e. The van der Waals surface area contributed by atoms with Crippen LogP contribution in [0.3, 0.4) is 0 Å². The van der Waals surface area contributed by atoms with Gasteiger partial charge in [0.15, 0.2) is 0 Å². The number of benzene rings is 1. The third-order valence-corrected chi connectivity index (χ3v) is 3.49. The largest absolute Gasteiger partial charge is 0.378 e. The van der Waals surface area contributed by atoms with E-state index in [2.05, 4.69) is 42.6 Å². The van der Waals surface area contributed by atoms with Crippen molar-refractivity contribution in [3.8, 4) is 0 Å². The number of nitrogens with one attached hydrogen (secondary N) is 1. The number of ether oxygens (including phenoxy) is 1. The molecule has 0 aliphatic carbocycles. The predicted molar refractivity (Wildman–Crippen MR) is 71.1 cm³/mol. The van der Waals surface area contributed by atoms with Crippen molar-refractivity contribution in [1.29, 1.82) is 0 Å². The van der Waals surface area contributed by atoms with Gasteiger partial charge in [-0.15, -0.1) is 0 Å². The molecule has 94 valence electrons. The zero-order valence-corrected chi connectivity index (χ0v) is 10.7. The van der Waals surface area contributed by atoms with E-state index >= 15 is 0 Å². The highest BCUT2D eigenvalue weighted by molar-refractivity contribution is 5.18. The first-order valence-corrected chi connectivity index (χ1v) is 6.80. The van der Waals surface area contributed by atoms with Crippen molar-refractivity contribution in [2.24, 2.45) is 0 Å². The number of hydrogen-bond donors (Lipinski definition) is 1. The Labute approximate surface area is 104 Å². The summed E-state index contributed by atoms with van der Waals surface area (Å²) in [5, 5.41) is 3.63. The molecule has 0 saturated carbocycles. The molecular formula is C15H23NO. The summed E-state index contributed by atoms with van der Waals surface area (Å²) in [6.07, 6.45) is 5.25. The van der Waals surface area contributed by atoms with Crippen LogP contribution in [0.1, 0.15) is 44.2 Å². The highest BCUT2D eigenvalue weighted by Crippen LogP contribution is 2.18. The van der Waals surface area contributed by atoms with Gasteiger partial charge in [-0.05, 0) is 37.8 Å². The monoisotopic (exact) mass is 233 g/mol. The van der Waals surface area contributed by atoms with E-state index in [0.29, 0.717) is 12.1 Å². The minimum Gasteiger partial charge on any atom is -0.378 e. The predicted octanol–water partition coefficient (Wildman–Crippen LogP) is 3.30. The Kier molecular flexibility index (Phi) is 5.02. The third kappa shape index (κ3) is 3.83. The van der Waals surface area contributed by atoms with Crippen molar-refractivity contribution < 1.29 is 4.74 Å². The molecule has 1 N–H and O–H groups in total. The lowest BCUT2D eigenvalue weighted by molar-refractivity contribution is 0.103. The average molecular weight is 233 g/mol. The van der Waals surface area contributed by atoms with Crippen LogP contribution in [0.25, 0.3) is 0 Å². The Hall–Kier alpha value is -0.860. The van der Waals surface area contributed by atoms with E-state index < -0.39 is 0 Å². The molecule has 1 aliphatic heterocycles. The van der Waals surface area contributed by atoms with Crippen LogP contribution in [-0.4, -0.2) is 19.3 Å². The molecule has 1 saturated heterocycles. The molecule has 17 heavy (non-hydrogen) atoms. The van der Waals surface area contributed by atoms with Crippen LogP contribution < -0.4 is 5.32 Å². The van der Waals surface area contributed by atoms with Crippen LogP contribution in [0.4, 0.5) is 0 Å². The minimum absolute atomic E-state index is 0.484. The van der Waals surface area contributed by atoms with E-state index in [0.717, 1.165) is 26.0 Å². The Morgan fingerprint density at radius 2 is 2.18 bits per heavy atom. The normalized spacial score (nSPS) is 21.6. The van der Waals surface area contributed by atoms with Gasteiger partial charge in [0.05, 0.1) is 6.10 Å². The van der Waals surface area contributed by atoms with Gasteiger partial charge in [-0.3, -0.25) is 0 Å². The molecule has 1 aromatic rings. The molecule has 2 atom stereocenters. The maximum Gasteiger partial charge on any atom is 0.0588 e. The van der Waals surface area contributed by atoms with E-state index in [1.54, 1.807) is 0 Å². The summed E-state index contributed by atoms with van der Waals surface area (Å²) >= 11 is 0. The molecular weight excluding hydrogens is 210 g/mol. The van der Waals surface area contributed by atoms with Crippen LogP contribution in [0.15, 0.2) is 30.3 Å². The van der Waals surface area contributed by atoms with E-state index in [4.69, 9.17) is 4.74 Å². The van der Waals surface area contributed by atoms with Gasteiger partial charge in [0.2, 0.25) is 0 Å². The fraction of sp³-hybridized carbons (Fsp3) is 0.600. The zero-order valence-electron chi connectivity index (χ0n) is 10.7. The number of hydrogen-bond acceptors (Lipinski definition) is 2. The van der Waals surface area contributed by atoms with E-state index in [1.807, 2.05) is 0 Å². The molecule has 2 rings (SSSR count). The van der Waals surface area contributed by atoms with Crippen LogP contribution >= 0.6 is 0 Å². The van der Waals surface area contributed by atoms with Crippen molar-refractivity contribution >= 4 is 0 Å². The quantitative estimate of drug-likeness (QED) is 0.814. The number of rotatable bonds is 6. The van der Waals surface area contributed by atoms with E-state index in [-0.39, 0.29) is 0 Å². The molecule has 0 bridgehead atoms. The van der Waals surface area contributed by atoms with Crippen molar-refractivity contribution in [2.75, 3.05) is 13.2 Å². The highest BCUT2D eigenvalue weighted by Gasteiger charge is 2.15. The summed E-state index contributed by atoms with van der Waals surface area (Å²) < 4.78 is 5.63. The first-order valence-electron chi connectivity index (χ1n) is 6.80. The molecule has 1 aliphatic rings. The van der Waals surface area contributed by atoms with Crippen LogP contribution in [-0.2, 0) is 4.74 Å². The molecule has 0 radical (unpaired) electrons. The van der Waals surface area contributed by atoms with Crippen LogP contribution in [0, 0.1) is 0 Å². The van der Waals surface area contributed by atoms with Crippen molar-refractivity contribution in [3.63, 3.8) is 0 Å². The standard InChI is InChI=1S/C15H23NO/c1-2-15(13-7-4-3-5-8-13)16-11-10-14-9-6-12-17-14/h3-5,7-8,14-16H,2,6,9-12H2,1H3. The Morgan fingerprint density at radius 1 is 1.35 bits per heavy atom. The fourth-order valence-electron chi connectivity index (χ4n) is 2.47. The Bertz CT molecular complexity index is 306. The molecule has 1 fully saturated rings. The second kappa shape index (κ2) is 6.77. The molecule has 2 heteroatoms. The molecule has 0 amide bonds. The molecule has 1 heterocycles. The van der Waals surface area contributed by atoms with Gasteiger partial charge in [0.25, 0.3) is 0 Å². The first-order chi connectivity index (χ1) is 8.40. The maximum atomic E-state index is 5.63. The molecule has 0 aromatic heterocycles. The first kappa shape index (κ1) is 12.6. The van der Waals surface area contributed by atoms with Crippen LogP contribution in [0.5, 0.6) is 0 Å². The summed E-state index contributed by atoms with van der Waals surface area (Å²) in [4.78, 5) is 0. The van der Waals surface area contributed by atoms with Gasteiger partial charge in [-0.25, -0.2) is 0 Å². The lowest BCUT2D eigenvalue weighted by Gasteiger charge is -2.18. The molecule has 2 unspecified atom stereocenters. The van der Waals surface area contributed by atoms with Gasteiger partial charge < -0.3 is 10.1 Å². The Balaban J connectivity index is 1.75. The topological polar surface area (TPSA) is 21.3 Å². The third-order valence-electron chi connectivity index (χ3n) is 3.49. The van der Waals surface area contributed by atoms with Crippen molar-refractivity contribution in [1.82, 2.24) is 5.32 Å². The van der Waals surface area contributed by atoms with Crippen molar-refractivity contribution in [3.05, 3.63) is 35.9 Å². The summed E-state index contributed by atoms with van der Waals surface area (Å²) in [6.45, 7) is 4.25. The van der Waals surface area contributed by atoms with Crippen molar-refractivity contribution in [2.45, 2.75) is 44.8 Å². The lowest BCUT2D eigenvalue weighted by atomic mass is 10.0. The second-order valence-electron chi connectivity index (χ2n) is 4.75. The second-order valence-corrected chi connectivity index (χ2v) is 4.75. The highest BCUT2D eigenvalue weighted by atomic mass is 16.5. The summed E-state index contributed by atoms with van der Waals surface area (Å²) in [6, 6.07) is 11.2. The molecule has 2 nitrogen and oxygen atoms in total. The maximum absolute atomic E-state index is 5.63. The van der Waals surface area contributed by atoms with Gasteiger partial charge in [0.1, 0.15) is 0 Å². The van der Waals surface area contributed by atoms with Gasteiger partial charge in [-0.1, -0.05) is 37.3 Å². The lowest BCUT2D eigenvalue weighted by Crippen LogP contribution is -2.24.